The number of benzene rings is 2. The molecule has 0 radical (unpaired) electrons. The number of carbonyl (C=O) groups excluding carboxylic acids is 2. The molecule has 1 N–H and O–H groups in total. The first-order valence-corrected chi connectivity index (χ1v) is 9.17. The Balaban J connectivity index is 1.89. The second-order valence-corrected chi connectivity index (χ2v) is 7.33. The van der Waals surface area contributed by atoms with Gasteiger partial charge in [-0.1, -0.05) is 36.4 Å². The Kier molecular flexibility index (Phi) is 3.37. The highest BCUT2D eigenvalue weighted by atomic mass is 16.2. The summed E-state index contributed by atoms with van der Waals surface area (Å²) in [6.07, 6.45) is 3.87. The molecule has 3 heterocycles. The van der Waals surface area contributed by atoms with Gasteiger partial charge in [0, 0.05) is 53.9 Å². The minimum Gasteiger partial charge on any atom is -0.350 e. The van der Waals surface area contributed by atoms with E-state index in [-0.39, 0.29) is 11.8 Å². The molecule has 4 aromatic rings. The third-order valence-corrected chi connectivity index (χ3v) is 5.57. The van der Waals surface area contributed by atoms with E-state index >= 15 is 0 Å². The number of aromatic nitrogens is 2. The number of para-hydroxylation sites is 2. The number of fused-ring (bicyclic) bond motifs is 2. The second kappa shape index (κ2) is 5.70. The highest BCUT2D eigenvalue weighted by molar-refractivity contribution is 6.50. The number of carbonyl (C=O) groups is 2. The maximum Gasteiger partial charge on any atom is 0.259 e. The Morgan fingerprint density at radius 3 is 2.11 bits per heavy atom. The van der Waals surface area contributed by atoms with Crippen molar-refractivity contribution in [3.8, 4) is 0 Å². The van der Waals surface area contributed by atoms with Gasteiger partial charge in [0.2, 0.25) is 0 Å². The average molecular weight is 369 g/mol. The summed E-state index contributed by atoms with van der Waals surface area (Å²) in [5, 5.41) is 4.44. The summed E-state index contributed by atoms with van der Waals surface area (Å²) >= 11 is 0. The Hall–Kier alpha value is -3.60. The fraction of sp³-hybridized carbons (Fsp3) is 0.130. The number of hydrogen-bond donors (Lipinski definition) is 1. The zero-order chi connectivity index (χ0) is 19.6. The van der Waals surface area contributed by atoms with E-state index in [9.17, 15) is 9.59 Å². The van der Waals surface area contributed by atoms with E-state index in [0.717, 1.165) is 38.5 Å². The third kappa shape index (κ3) is 2.13. The number of nitrogens with one attached hydrogen (secondary N) is 1. The molecule has 2 aromatic heterocycles. The van der Waals surface area contributed by atoms with Crippen LogP contribution in [0.2, 0.25) is 0 Å². The van der Waals surface area contributed by atoms with Crippen molar-refractivity contribution in [2.45, 2.75) is 6.92 Å². The van der Waals surface area contributed by atoms with Crippen molar-refractivity contribution in [1.29, 1.82) is 0 Å². The van der Waals surface area contributed by atoms with Gasteiger partial charge < -0.3 is 9.13 Å². The molecule has 0 spiro atoms. The zero-order valence-corrected chi connectivity index (χ0v) is 15.9. The number of amides is 2. The maximum atomic E-state index is 12.8. The Morgan fingerprint density at radius 2 is 1.36 bits per heavy atom. The molecule has 2 amide bonds. The second-order valence-electron chi connectivity index (χ2n) is 7.33. The van der Waals surface area contributed by atoms with E-state index in [1.165, 1.54) is 0 Å². The number of nitrogens with zero attached hydrogens (tertiary/aromatic N) is 2. The molecule has 5 nitrogen and oxygen atoms in total. The quantitative estimate of drug-likeness (QED) is 0.550. The highest BCUT2D eigenvalue weighted by Gasteiger charge is 2.35. The first-order valence-electron chi connectivity index (χ1n) is 9.17. The van der Waals surface area contributed by atoms with Gasteiger partial charge in [0.15, 0.2) is 0 Å². The molecule has 28 heavy (non-hydrogen) atoms. The molecule has 138 valence electrons. The molecular weight excluding hydrogens is 350 g/mol. The Morgan fingerprint density at radius 1 is 0.750 bits per heavy atom. The van der Waals surface area contributed by atoms with E-state index in [1.807, 2.05) is 85.0 Å². The van der Waals surface area contributed by atoms with Crippen LogP contribution < -0.4 is 5.32 Å². The summed E-state index contributed by atoms with van der Waals surface area (Å²) in [7, 11) is 3.91. The number of imide groups is 1. The number of aryl methyl sites for hydroxylation is 3. The topological polar surface area (TPSA) is 56.0 Å². The van der Waals surface area contributed by atoms with Crippen molar-refractivity contribution < 1.29 is 9.59 Å². The van der Waals surface area contributed by atoms with Gasteiger partial charge in [-0.25, -0.2) is 0 Å². The van der Waals surface area contributed by atoms with Gasteiger partial charge in [0.1, 0.15) is 0 Å². The number of rotatable bonds is 2. The Labute approximate surface area is 161 Å². The van der Waals surface area contributed by atoms with E-state index in [0.29, 0.717) is 11.1 Å². The standard InChI is InChI=1S/C23H19N3O2/c1-13-7-6-9-15-17(12-26(3)21(13)15)20-19(22(27)24-23(20)28)16-11-25(2)18-10-5-4-8-14(16)18/h4-12H,1-3H3,(H,24,27,28). The monoisotopic (exact) mass is 369 g/mol. The molecule has 2 aromatic carbocycles. The van der Waals surface area contributed by atoms with Crippen LogP contribution >= 0.6 is 0 Å². The lowest BCUT2D eigenvalue weighted by Crippen LogP contribution is -2.22. The lowest BCUT2D eigenvalue weighted by Gasteiger charge is -2.03. The molecule has 0 saturated carbocycles. The molecule has 5 heteroatoms. The van der Waals surface area contributed by atoms with Crippen molar-refractivity contribution in [3.63, 3.8) is 0 Å². The zero-order valence-electron chi connectivity index (χ0n) is 15.9. The molecular formula is C23H19N3O2. The predicted molar refractivity (Wildman–Crippen MR) is 111 cm³/mol. The van der Waals surface area contributed by atoms with Crippen LogP contribution in [0.25, 0.3) is 33.0 Å². The normalized spacial score (nSPS) is 14.5. The lowest BCUT2D eigenvalue weighted by atomic mass is 9.95. The van der Waals surface area contributed by atoms with Gasteiger partial charge in [0.25, 0.3) is 11.8 Å². The lowest BCUT2D eigenvalue weighted by molar-refractivity contribution is -0.122. The van der Waals surface area contributed by atoms with E-state index in [4.69, 9.17) is 0 Å². The molecule has 0 aliphatic carbocycles. The van der Waals surface area contributed by atoms with Gasteiger partial charge in [0.05, 0.1) is 16.7 Å². The summed E-state index contributed by atoms with van der Waals surface area (Å²) in [5.41, 5.74) is 5.66. The predicted octanol–water partition coefficient (Wildman–Crippen LogP) is 3.55. The first kappa shape index (κ1) is 16.6. The van der Waals surface area contributed by atoms with Crippen molar-refractivity contribution in [1.82, 2.24) is 14.5 Å². The van der Waals surface area contributed by atoms with Crippen LogP contribution in [-0.2, 0) is 23.7 Å². The third-order valence-electron chi connectivity index (χ3n) is 5.57. The van der Waals surface area contributed by atoms with Crippen molar-refractivity contribution in [2.24, 2.45) is 14.1 Å². The maximum absolute atomic E-state index is 12.8. The Bertz CT molecular complexity index is 1350. The van der Waals surface area contributed by atoms with E-state index in [2.05, 4.69) is 5.32 Å². The van der Waals surface area contributed by atoms with Gasteiger partial charge in [-0.2, -0.15) is 0 Å². The smallest absolute Gasteiger partial charge is 0.259 e. The molecule has 0 saturated heterocycles. The molecule has 0 unspecified atom stereocenters. The minimum absolute atomic E-state index is 0.345. The first-order chi connectivity index (χ1) is 13.5. The molecule has 0 atom stereocenters. The number of hydrogen-bond acceptors (Lipinski definition) is 2. The van der Waals surface area contributed by atoms with Crippen molar-refractivity contribution in [2.75, 3.05) is 0 Å². The van der Waals surface area contributed by atoms with Gasteiger partial charge in [-0.05, 0) is 18.6 Å². The SMILES string of the molecule is Cc1cccc2c(C3=C(c4cn(C)c5ccccc45)C(=O)NC3=O)cn(C)c12. The van der Waals surface area contributed by atoms with Crippen LogP contribution in [0.4, 0.5) is 0 Å². The van der Waals surface area contributed by atoms with Crippen molar-refractivity contribution in [3.05, 3.63) is 71.5 Å². The largest absolute Gasteiger partial charge is 0.350 e. The van der Waals surface area contributed by atoms with Crippen LogP contribution in [0.5, 0.6) is 0 Å². The molecule has 1 aliphatic heterocycles. The fourth-order valence-corrected chi connectivity index (χ4v) is 4.38. The van der Waals surface area contributed by atoms with Gasteiger partial charge in [-0.15, -0.1) is 0 Å². The molecule has 0 fully saturated rings. The van der Waals surface area contributed by atoms with Crippen molar-refractivity contribution >= 4 is 44.8 Å². The molecule has 0 bridgehead atoms. The molecule has 5 rings (SSSR count). The summed E-state index contributed by atoms with van der Waals surface area (Å²) in [4.78, 5) is 25.7. The van der Waals surface area contributed by atoms with Gasteiger partial charge >= 0.3 is 0 Å². The average Bonchev–Trinajstić information content (AvgIpc) is 3.27. The van der Waals surface area contributed by atoms with Crippen LogP contribution in [-0.4, -0.2) is 20.9 Å². The summed E-state index contributed by atoms with van der Waals surface area (Å²) in [5.74, 6) is -0.692. The van der Waals surface area contributed by atoms with Crippen LogP contribution in [0, 0.1) is 6.92 Å². The van der Waals surface area contributed by atoms with Crippen LogP contribution in [0.15, 0.2) is 54.9 Å². The van der Waals surface area contributed by atoms with Crippen LogP contribution in [0.3, 0.4) is 0 Å². The fourth-order valence-electron chi connectivity index (χ4n) is 4.38. The van der Waals surface area contributed by atoms with Crippen LogP contribution in [0.1, 0.15) is 16.7 Å². The van der Waals surface area contributed by atoms with E-state index < -0.39 is 0 Å². The van der Waals surface area contributed by atoms with E-state index in [1.54, 1.807) is 0 Å². The highest BCUT2D eigenvalue weighted by Crippen LogP contribution is 2.38. The minimum atomic E-state index is -0.346. The van der Waals surface area contributed by atoms with Gasteiger partial charge in [-0.3, -0.25) is 14.9 Å². The molecule has 1 aliphatic rings. The summed E-state index contributed by atoms with van der Waals surface area (Å²) in [6, 6.07) is 13.9. The summed E-state index contributed by atoms with van der Waals surface area (Å²) < 4.78 is 4.00. The summed E-state index contributed by atoms with van der Waals surface area (Å²) in [6.45, 7) is 2.05.